The molecule has 6 nitrogen and oxygen atoms in total. The van der Waals surface area contributed by atoms with E-state index in [2.05, 4.69) is 10.1 Å². The second kappa shape index (κ2) is 7.08. The lowest BCUT2D eigenvalue weighted by Gasteiger charge is -2.18. The molecule has 23 heavy (non-hydrogen) atoms. The highest BCUT2D eigenvalue weighted by Crippen LogP contribution is 2.17. The largest absolute Gasteiger partial charge is 0.393 e. The van der Waals surface area contributed by atoms with E-state index in [-0.39, 0.29) is 12.0 Å². The number of aryl methyl sites for hydroxylation is 3. The van der Waals surface area contributed by atoms with Gasteiger partial charge in [0.2, 0.25) is 5.91 Å². The molecule has 1 amide bonds. The summed E-state index contributed by atoms with van der Waals surface area (Å²) in [7, 11) is 1.78. The molecule has 0 aliphatic rings. The molecule has 0 aliphatic carbocycles. The van der Waals surface area contributed by atoms with E-state index in [0.717, 1.165) is 28.3 Å². The average molecular weight is 318 g/mol. The van der Waals surface area contributed by atoms with Crippen molar-refractivity contribution in [3.63, 3.8) is 0 Å². The summed E-state index contributed by atoms with van der Waals surface area (Å²) in [5.41, 5.74) is 4.86. The molecular formula is C17H26N4O2. The van der Waals surface area contributed by atoms with E-state index in [1.165, 1.54) is 0 Å². The van der Waals surface area contributed by atoms with Gasteiger partial charge in [-0.05, 0) is 46.1 Å². The average Bonchev–Trinajstić information content (AvgIpc) is 2.84. The second-order valence-electron chi connectivity index (χ2n) is 6.27. The number of hydrogen-bond donors (Lipinski definition) is 1. The van der Waals surface area contributed by atoms with Gasteiger partial charge < -0.3 is 10.0 Å². The minimum absolute atomic E-state index is 0.0844. The molecule has 0 aromatic carbocycles. The first kappa shape index (κ1) is 17.4. The third-order valence-electron chi connectivity index (χ3n) is 4.18. The molecule has 0 radical (unpaired) electrons. The van der Waals surface area contributed by atoms with Gasteiger partial charge in [0.05, 0.1) is 11.8 Å². The van der Waals surface area contributed by atoms with E-state index in [0.29, 0.717) is 25.8 Å². The Morgan fingerprint density at radius 1 is 1.39 bits per heavy atom. The lowest BCUT2D eigenvalue weighted by atomic mass is 10.1. The zero-order chi connectivity index (χ0) is 17.1. The summed E-state index contributed by atoms with van der Waals surface area (Å²) in [6.07, 6.45) is 1.30. The van der Waals surface area contributed by atoms with E-state index in [4.69, 9.17) is 0 Å². The van der Waals surface area contributed by atoms with Crippen LogP contribution in [0.1, 0.15) is 42.4 Å². The minimum Gasteiger partial charge on any atom is -0.393 e. The zero-order valence-electron chi connectivity index (χ0n) is 14.6. The topological polar surface area (TPSA) is 70.7 Å². The Kier molecular flexibility index (Phi) is 5.36. The normalized spacial score (nSPS) is 12.6. The number of rotatable bonds is 6. The smallest absolute Gasteiger partial charge is 0.222 e. The third-order valence-corrected chi connectivity index (χ3v) is 4.18. The number of nitrogens with zero attached hydrogens (tertiary/aromatic N) is 4. The molecular weight excluding hydrogens is 292 g/mol. The Morgan fingerprint density at radius 3 is 2.74 bits per heavy atom. The van der Waals surface area contributed by atoms with Gasteiger partial charge >= 0.3 is 0 Å². The maximum absolute atomic E-state index is 12.2. The quantitative estimate of drug-likeness (QED) is 0.882. The molecule has 1 atom stereocenters. The monoisotopic (exact) mass is 318 g/mol. The molecule has 0 bridgehead atoms. The molecule has 0 aliphatic heterocycles. The van der Waals surface area contributed by atoms with Gasteiger partial charge in [-0.15, -0.1) is 0 Å². The van der Waals surface area contributed by atoms with Gasteiger partial charge in [-0.2, -0.15) is 5.10 Å². The summed E-state index contributed by atoms with van der Waals surface area (Å²) in [5.74, 6) is 0.0844. The van der Waals surface area contributed by atoms with Gasteiger partial charge in [-0.1, -0.05) is 0 Å². The van der Waals surface area contributed by atoms with Crippen molar-refractivity contribution in [1.29, 1.82) is 0 Å². The zero-order valence-corrected chi connectivity index (χ0v) is 14.6. The number of amides is 1. The van der Waals surface area contributed by atoms with Gasteiger partial charge in [0.1, 0.15) is 0 Å². The van der Waals surface area contributed by atoms with Crippen LogP contribution < -0.4 is 0 Å². The molecule has 2 heterocycles. The molecule has 2 aromatic heterocycles. The maximum atomic E-state index is 12.2. The summed E-state index contributed by atoms with van der Waals surface area (Å²) in [6, 6.07) is 1.96. The highest BCUT2D eigenvalue weighted by atomic mass is 16.3. The van der Waals surface area contributed by atoms with E-state index in [1.807, 2.05) is 31.4 Å². The van der Waals surface area contributed by atoms with Crippen LogP contribution in [0.4, 0.5) is 0 Å². The SMILES string of the molecule is Cc1cc2nc(C)c(CCC(=O)N(C)CCC(C)O)c(C)n2n1. The summed E-state index contributed by atoms with van der Waals surface area (Å²) in [4.78, 5) is 18.5. The van der Waals surface area contributed by atoms with E-state index >= 15 is 0 Å². The summed E-state index contributed by atoms with van der Waals surface area (Å²) in [5, 5.41) is 13.8. The Morgan fingerprint density at radius 2 is 2.09 bits per heavy atom. The van der Waals surface area contributed by atoms with E-state index in [1.54, 1.807) is 18.9 Å². The summed E-state index contributed by atoms with van der Waals surface area (Å²) >= 11 is 0. The van der Waals surface area contributed by atoms with Gasteiger partial charge in [-0.25, -0.2) is 9.50 Å². The maximum Gasteiger partial charge on any atom is 0.222 e. The highest BCUT2D eigenvalue weighted by molar-refractivity contribution is 5.76. The number of carbonyl (C=O) groups excluding carboxylic acids is 1. The van der Waals surface area contributed by atoms with Crippen LogP contribution in [0.15, 0.2) is 6.07 Å². The minimum atomic E-state index is -0.385. The van der Waals surface area contributed by atoms with Crippen molar-refractivity contribution in [1.82, 2.24) is 19.5 Å². The predicted octanol–water partition coefficient (Wildman–Crippen LogP) is 1.82. The van der Waals surface area contributed by atoms with Crippen LogP contribution in [0.5, 0.6) is 0 Å². The van der Waals surface area contributed by atoms with Gasteiger partial charge in [0.15, 0.2) is 5.65 Å². The first-order valence-corrected chi connectivity index (χ1v) is 8.04. The van der Waals surface area contributed by atoms with E-state index < -0.39 is 0 Å². The summed E-state index contributed by atoms with van der Waals surface area (Å²) < 4.78 is 1.85. The second-order valence-corrected chi connectivity index (χ2v) is 6.27. The first-order valence-electron chi connectivity index (χ1n) is 8.04. The van der Waals surface area contributed by atoms with Crippen LogP contribution in [0, 0.1) is 20.8 Å². The number of carbonyl (C=O) groups is 1. The Bertz CT molecular complexity index is 706. The molecule has 2 aromatic rings. The van der Waals surface area contributed by atoms with Crippen molar-refractivity contribution >= 4 is 11.6 Å². The standard InChI is InChI=1S/C17H26N4O2/c1-11-10-16-18-13(3)15(14(4)21(16)19-11)6-7-17(23)20(5)9-8-12(2)22/h10,12,22H,6-9H2,1-5H3. The van der Waals surface area contributed by atoms with Crippen molar-refractivity contribution in [2.75, 3.05) is 13.6 Å². The van der Waals surface area contributed by atoms with Crippen LogP contribution in [0.25, 0.3) is 5.65 Å². The van der Waals surface area contributed by atoms with E-state index in [9.17, 15) is 9.90 Å². The van der Waals surface area contributed by atoms with Gasteiger partial charge in [0.25, 0.3) is 0 Å². The Labute approximate surface area is 137 Å². The number of aliphatic hydroxyl groups is 1. The lowest BCUT2D eigenvalue weighted by molar-refractivity contribution is -0.130. The van der Waals surface area contributed by atoms with Crippen LogP contribution >= 0.6 is 0 Å². The number of aliphatic hydroxyl groups excluding tert-OH is 1. The van der Waals surface area contributed by atoms with Gasteiger partial charge in [0, 0.05) is 37.5 Å². The predicted molar refractivity (Wildman–Crippen MR) is 89.5 cm³/mol. The van der Waals surface area contributed by atoms with Crippen LogP contribution in [0.3, 0.4) is 0 Å². The molecule has 1 unspecified atom stereocenters. The van der Waals surface area contributed by atoms with Crippen LogP contribution in [-0.4, -0.2) is 50.2 Å². The number of fused-ring (bicyclic) bond motifs is 1. The highest BCUT2D eigenvalue weighted by Gasteiger charge is 2.15. The van der Waals surface area contributed by atoms with Crippen LogP contribution in [-0.2, 0) is 11.2 Å². The Hall–Kier alpha value is -1.95. The lowest BCUT2D eigenvalue weighted by Crippen LogP contribution is -2.29. The van der Waals surface area contributed by atoms with Crippen molar-refractivity contribution in [3.8, 4) is 0 Å². The molecule has 0 fully saturated rings. The molecule has 0 saturated heterocycles. The molecule has 0 saturated carbocycles. The van der Waals surface area contributed by atoms with Crippen molar-refractivity contribution in [2.45, 2.75) is 53.1 Å². The number of hydrogen-bond acceptors (Lipinski definition) is 4. The fourth-order valence-corrected chi connectivity index (χ4v) is 2.73. The molecule has 6 heteroatoms. The fourth-order valence-electron chi connectivity index (χ4n) is 2.73. The van der Waals surface area contributed by atoms with Crippen molar-refractivity contribution in [2.24, 2.45) is 0 Å². The van der Waals surface area contributed by atoms with Crippen molar-refractivity contribution < 1.29 is 9.90 Å². The van der Waals surface area contributed by atoms with Gasteiger partial charge in [-0.3, -0.25) is 4.79 Å². The first-order chi connectivity index (χ1) is 10.8. The summed E-state index contributed by atoms with van der Waals surface area (Å²) in [6.45, 7) is 8.25. The molecule has 1 N–H and O–H groups in total. The molecule has 0 spiro atoms. The number of aromatic nitrogens is 3. The third kappa shape index (κ3) is 4.07. The molecule has 126 valence electrons. The Balaban J connectivity index is 2.08. The molecule has 2 rings (SSSR count). The fraction of sp³-hybridized carbons (Fsp3) is 0.588. The van der Waals surface area contributed by atoms with Crippen molar-refractivity contribution in [3.05, 3.63) is 28.7 Å². The van der Waals surface area contributed by atoms with Crippen LogP contribution in [0.2, 0.25) is 0 Å².